The summed E-state index contributed by atoms with van der Waals surface area (Å²) >= 11 is 0. The Morgan fingerprint density at radius 2 is 1.29 bits per heavy atom. The van der Waals surface area contributed by atoms with E-state index in [0.29, 0.717) is 0 Å². The maximum absolute atomic E-state index is 2.38. The Hall–Kier alpha value is 0. The van der Waals surface area contributed by atoms with Crippen LogP contribution in [0.15, 0.2) is 0 Å². The fraction of sp³-hybridized carbons (Fsp3) is 1.00. The Kier molecular flexibility index (Phi) is 7.31. The molecule has 0 aromatic rings. The van der Waals surface area contributed by atoms with Gasteiger partial charge in [0.1, 0.15) is 0 Å². The molecule has 0 saturated heterocycles. The molecule has 0 saturated carbocycles. The molecule has 0 spiro atoms. The van der Waals surface area contributed by atoms with E-state index in [0.717, 1.165) is 23.7 Å². The molecule has 14 heavy (non-hydrogen) atoms. The predicted molar refractivity (Wildman–Crippen MR) is 66.5 cm³/mol. The summed E-state index contributed by atoms with van der Waals surface area (Å²) in [5, 5.41) is 0. The molecule has 0 aromatic carbocycles. The topological polar surface area (TPSA) is 0 Å². The minimum atomic E-state index is 0.859. The van der Waals surface area contributed by atoms with E-state index in [9.17, 15) is 0 Å². The molecular formula is C14H30. The Balaban J connectivity index is 4.11. The van der Waals surface area contributed by atoms with Crippen molar-refractivity contribution in [1.29, 1.82) is 0 Å². The van der Waals surface area contributed by atoms with Crippen LogP contribution in [0.4, 0.5) is 0 Å². The Bertz CT molecular complexity index is 124. The molecule has 0 aromatic heterocycles. The monoisotopic (exact) mass is 198 g/mol. The second-order valence-corrected chi connectivity index (χ2v) is 5.44. The lowest BCUT2D eigenvalue weighted by atomic mass is 9.78. The van der Waals surface area contributed by atoms with Gasteiger partial charge in [-0.25, -0.2) is 0 Å². The summed E-state index contributed by atoms with van der Waals surface area (Å²) in [4.78, 5) is 0. The summed E-state index contributed by atoms with van der Waals surface area (Å²) in [7, 11) is 0. The van der Waals surface area contributed by atoms with Gasteiger partial charge in [0, 0.05) is 0 Å². The molecule has 0 rings (SSSR count). The van der Waals surface area contributed by atoms with E-state index < -0.39 is 0 Å². The third-order valence-electron chi connectivity index (χ3n) is 3.67. The molecule has 0 aliphatic carbocycles. The van der Waals surface area contributed by atoms with Crippen LogP contribution in [-0.2, 0) is 0 Å². The molecule has 0 aliphatic rings. The van der Waals surface area contributed by atoms with Crippen LogP contribution in [0.3, 0.4) is 0 Å². The molecule has 0 aliphatic heterocycles. The third kappa shape index (κ3) is 5.02. The smallest absolute Gasteiger partial charge is 0.0388 e. The van der Waals surface area contributed by atoms with Crippen LogP contribution in [-0.4, -0.2) is 0 Å². The summed E-state index contributed by atoms with van der Waals surface area (Å²) in [5.41, 5.74) is 0. The Morgan fingerprint density at radius 3 is 1.57 bits per heavy atom. The van der Waals surface area contributed by atoms with Gasteiger partial charge in [0.25, 0.3) is 0 Å². The highest BCUT2D eigenvalue weighted by molar-refractivity contribution is 4.70. The number of hydrogen-bond donors (Lipinski definition) is 0. The summed E-state index contributed by atoms with van der Waals surface area (Å²) in [6.07, 6.45) is 5.56. The lowest BCUT2D eigenvalue weighted by Gasteiger charge is -2.27. The molecule has 0 amide bonds. The zero-order chi connectivity index (χ0) is 11.1. The quantitative estimate of drug-likeness (QED) is 0.532. The van der Waals surface area contributed by atoms with E-state index >= 15 is 0 Å². The molecule has 0 bridgehead atoms. The van der Waals surface area contributed by atoms with Crippen molar-refractivity contribution in [3.63, 3.8) is 0 Å². The van der Waals surface area contributed by atoms with Crippen molar-refractivity contribution in [1.82, 2.24) is 0 Å². The zero-order valence-electron chi connectivity index (χ0n) is 11.1. The Morgan fingerprint density at radius 1 is 0.786 bits per heavy atom. The second-order valence-electron chi connectivity index (χ2n) is 5.44. The average Bonchev–Trinajstić information content (AvgIpc) is 2.11. The standard InChI is InChI=1S/C14H30/c1-7-9-14(12(5)6)10-13(8-2)11(3)4/h11-14H,7-10H2,1-6H3. The average molecular weight is 198 g/mol. The summed E-state index contributed by atoms with van der Waals surface area (Å²) in [6.45, 7) is 14.2. The van der Waals surface area contributed by atoms with Crippen molar-refractivity contribution >= 4 is 0 Å². The number of hydrogen-bond acceptors (Lipinski definition) is 0. The highest BCUT2D eigenvalue weighted by Gasteiger charge is 2.19. The van der Waals surface area contributed by atoms with Crippen LogP contribution in [0, 0.1) is 23.7 Å². The SMILES string of the molecule is CCCC(CC(CC)C(C)C)C(C)C. The molecule has 0 heteroatoms. The normalized spacial score (nSPS) is 16.3. The first-order valence-corrected chi connectivity index (χ1v) is 6.52. The van der Waals surface area contributed by atoms with Crippen molar-refractivity contribution in [2.24, 2.45) is 23.7 Å². The van der Waals surface area contributed by atoms with E-state index in [1.54, 1.807) is 0 Å². The van der Waals surface area contributed by atoms with Gasteiger partial charge in [0.15, 0.2) is 0 Å². The maximum Gasteiger partial charge on any atom is -0.0388 e. The van der Waals surface area contributed by atoms with E-state index in [1.807, 2.05) is 0 Å². The first-order chi connectivity index (χ1) is 6.52. The van der Waals surface area contributed by atoms with Gasteiger partial charge >= 0.3 is 0 Å². The van der Waals surface area contributed by atoms with Crippen molar-refractivity contribution < 1.29 is 0 Å². The molecule has 2 atom stereocenters. The predicted octanol–water partition coefficient (Wildman–Crippen LogP) is 5.13. The highest BCUT2D eigenvalue weighted by atomic mass is 14.2. The lowest BCUT2D eigenvalue weighted by molar-refractivity contribution is 0.233. The zero-order valence-corrected chi connectivity index (χ0v) is 11.1. The molecule has 2 unspecified atom stereocenters. The van der Waals surface area contributed by atoms with Gasteiger partial charge in [0.2, 0.25) is 0 Å². The van der Waals surface area contributed by atoms with Crippen molar-refractivity contribution in [2.75, 3.05) is 0 Å². The van der Waals surface area contributed by atoms with Gasteiger partial charge in [0.05, 0.1) is 0 Å². The van der Waals surface area contributed by atoms with Crippen molar-refractivity contribution in [2.45, 2.75) is 67.2 Å². The van der Waals surface area contributed by atoms with E-state index in [2.05, 4.69) is 41.5 Å². The fourth-order valence-electron chi connectivity index (χ4n) is 2.39. The third-order valence-corrected chi connectivity index (χ3v) is 3.67. The van der Waals surface area contributed by atoms with Crippen LogP contribution in [0.25, 0.3) is 0 Å². The molecule has 0 nitrogen and oxygen atoms in total. The van der Waals surface area contributed by atoms with Gasteiger partial charge < -0.3 is 0 Å². The van der Waals surface area contributed by atoms with Gasteiger partial charge in [-0.3, -0.25) is 0 Å². The van der Waals surface area contributed by atoms with Crippen LogP contribution < -0.4 is 0 Å². The first kappa shape index (κ1) is 14.0. The van der Waals surface area contributed by atoms with Gasteiger partial charge in [-0.05, 0) is 30.1 Å². The van der Waals surface area contributed by atoms with Crippen LogP contribution in [0.2, 0.25) is 0 Å². The van der Waals surface area contributed by atoms with E-state index in [4.69, 9.17) is 0 Å². The van der Waals surface area contributed by atoms with Crippen LogP contribution in [0.1, 0.15) is 67.2 Å². The first-order valence-electron chi connectivity index (χ1n) is 6.52. The largest absolute Gasteiger partial charge is 0.0654 e. The molecular weight excluding hydrogens is 168 g/mol. The van der Waals surface area contributed by atoms with Crippen LogP contribution >= 0.6 is 0 Å². The van der Waals surface area contributed by atoms with Gasteiger partial charge in [-0.15, -0.1) is 0 Å². The Labute approximate surface area is 91.5 Å². The highest BCUT2D eigenvalue weighted by Crippen LogP contribution is 2.30. The molecule has 0 N–H and O–H groups in total. The summed E-state index contributed by atoms with van der Waals surface area (Å²) in [6, 6.07) is 0. The van der Waals surface area contributed by atoms with Gasteiger partial charge in [-0.2, -0.15) is 0 Å². The summed E-state index contributed by atoms with van der Waals surface area (Å²) in [5.74, 6) is 3.61. The van der Waals surface area contributed by atoms with Gasteiger partial charge in [-0.1, -0.05) is 60.8 Å². The minimum Gasteiger partial charge on any atom is -0.0654 e. The lowest BCUT2D eigenvalue weighted by Crippen LogP contribution is -2.17. The van der Waals surface area contributed by atoms with Crippen molar-refractivity contribution in [3.8, 4) is 0 Å². The van der Waals surface area contributed by atoms with Crippen LogP contribution in [0.5, 0.6) is 0 Å². The molecule has 0 heterocycles. The molecule has 0 fully saturated rings. The molecule has 0 radical (unpaired) electrons. The van der Waals surface area contributed by atoms with E-state index in [-0.39, 0.29) is 0 Å². The number of rotatable bonds is 7. The maximum atomic E-state index is 2.38. The molecule has 86 valence electrons. The van der Waals surface area contributed by atoms with E-state index in [1.165, 1.54) is 25.7 Å². The summed E-state index contributed by atoms with van der Waals surface area (Å²) < 4.78 is 0. The fourth-order valence-corrected chi connectivity index (χ4v) is 2.39. The minimum absolute atomic E-state index is 0.859. The second kappa shape index (κ2) is 7.31. The van der Waals surface area contributed by atoms with Crippen molar-refractivity contribution in [3.05, 3.63) is 0 Å².